The monoisotopic (exact) mass is 420 g/mol. The SMILES string of the molecule is COc1cccc2c1C1(CCN(C(=O)c3c(C)n(C)c4ccc(O)cc34)CC1)OCC2. The van der Waals surface area contributed by atoms with Crippen molar-refractivity contribution in [2.24, 2.45) is 7.05 Å². The molecule has 1 fully saturated rings. The molecule has 5 rings (SSSR count). The van der Waals surface area contributed by atoms with Gasteiger partial charge in [-0.05, 0) is 56.0 Å². The van der Waals surface area contributed by atoms with Crippen molar-refractivity contribution in [2.75, 3.05) is 26.8 Å². The first kappa shape index (κ1) is 19.9. The molecule has 31 heavy (non-hydrogen) atoms. The molecule has 0 aliphatic carbocycles. The second-order valence-corrected chi connectivity index (χ2v) is 8.60. The highest BCUT2D eigenvalue weighted by molar-refractivity contribution is 6.08. The van der Waals surface area contributed by atoms with Crippen LogP contribution >= 0.6 is 0 Å². The van der Waals surface area contributed by atoms with E-state index in [0.29, 0.717) is 25.3 Å². The molecular weight excluding hydrogens is 392 g/mol. The number of fused-ring (bicyclic) bond motifs is 3. The van der Waals surface area contributed by atoms with E-state index in [0.717, 1.165) is 47.2 Å². The number of aromatic hydroxyl groups is 1. The number of hydrogen-bond donors (Lipinski definition) is 1. The Morgan fingerprint density at radius 2 is 1.97 bits per heavy atom. The number of phenolic OH excluding ortho intramolecular Hbond substituents is 1. The number of methoxy groups -OCH3 is 1. The quantitative estimate of drug-likeness (QED) is 0.683. The maximum absolute atomic E-state index is 13.6. The van der Waals surface area contributed by atoms with E-state index in [9.17, 15) is 9.90 Å². The van der Waals surface area contributed by atoms with E-state index in [2.05, 4.69) is 6.07 Å². The summed E-state index contributed by atoms with van der Waals surface area (Å²) in [5.41, 5.74) is 4.57. The number of carbonyl (C=O) groups excluding carboxylic acids is 1. The standard InChI is InChI=1S/C25H28N2O4/c1-16-22(19-15-18(28)7-8-20(19)26(16)2)24(29)27-12-10-25(11-13-27)23-17(9-14-31-25)5-4-6-21(23)30-3/h4-8,15,28H,9-14H2,1-3H3. The van der Waals surface area contributed by atoms with Crippen molar-refractivity contribution < 1.29 is 19.4 Å². The predicted octanol–water partition coefficient (Wildman–Crippen LogP) is 3.91. The number of rotatable bonds is 2. The molecule has 0 unspecified atom stereocenters. The van der Waals surface area contributed by atoms with Crippen LogP contribution in [0.3, 0.4) is 0 Å². The van der Waals surface area contributed by atoms with Crippen LogP contribution in [-0.4, -0.2) is 47.3 Å². The first-order valence-corrected chi connectivity index (χ1v) is 10.8. The Hall–Kier alpha value is -2.99. The zero-order valence-electron chi connectivity index (χ0n) is 18.3. The molecule has 6 nitrogen and oxygen atoms in total. The molecule has 3 heterocycles. The van der Waals surface area contributed by atoms with Crippen molar-refractivity contribution in [3.05, 3.63) is 58.8 Å². The molecule has 1 saturated heterocycles. The summed E-state index contributed by atoms with van der Waals surface area (Å²) in [6.45, 7) is 3.88. The van der Waals surface area contributed by atoms with Crippen LogP contribution in [-0.2, 0) is 23.8 Å². The predicted molar refractivity (Wildman–Crippen MR) is 119 cm³/mol. The maximum Gasteiger partial charge on any atom is 0.256 e. The highest BCUT2D eigenvalue weighted by Gasteiger charge is 2.44. The molecule has 2 aromatic carbocycles. The average molecular weight is 421 g/mol. The highest BCUT2D eigenvalue weighted by atomic mass is 16.5. The molecule has 0 radical (unpaired) electrons. The average Bonchev–Trinajstić information content (AvgIpc) is 3.03. The van der Waals surface area contributed by atoms with Crippen LogP contribution in [0.25, 0.3) is 10.9 Å². The molecule has 3 aromatic rings. The second kappa shape index (κ2) is 7.31. The molecular formula is C25H28N2O4. The molecule has 6 heteroatoms. The van der Waals surface area contributed by atoms with Crippen molar-refractivity contribution >= 4 is 16.8 Å². The van der Waals surface area contributed by atoms with Crippen LogP contribution in [0.15, 0.2) is 36.4 Å². The van der Waals surface area contributed by atoms with Gasteiger partial charge in [-0.15, -0.1) is 0 Å². The molecule has 0 bridgehead atoms. The number of aryl methyl sites for hydroxylation is 1. The number of ether oxygens (including phenoxy) is 2. The van der Waals surface area contributed by atoms with Crippen LogP contribution in [0.1, 0.15) is 40.0 Å². The minimum Gasteiger partial charge on any atom is -0.508 e. The molecule has 0 atom stereocenters. The molecule has 2 aliphatic rings. The van der Waals surface area contributed by atoms with Crippen LogP contribution in [0.4, 0.5) is 0 Å². The molecule has 1 N–H and O–H groups in total. The summed E-state index contributed by atoms with van der Waals surface area (Å²) in [7, 11) is 3.66. The number of nitrogens with zero attached hydrogens (tertiary/aromatic N) is 2. The van der Waals surface area contributed by atoms with Gasteiger partial charge in [0.15, 0.2) is 0 Å². The minimum absolute atomic E-state index is 0.0135. The third-order valence-electron chi connectivity index (χ3n) is 7.09. The Morgan fingerprint density at radius 1 is 1.19 bits per heavy atom. The van der Waals surface area contributed by atoms with Gasteiger partial charge in [0.1, 0.15) is 17.1 Å². The number of hydrogen-bond acceptors (Lipinski definition) is 4. The number of carbonyl (C=O) groups is 1. The third kappa shape index (κ3) is 3.00. The van der Waals surface area contributed by atoms with Gasteiger partial charge in [-0.1, -0.05) is 12.1 Å². The van der Waals surface area contributed by atoms with E-state index in [1.165, 1.54) is 5.56 Å². The van der Waals surface area contributed by atoms with Gasteiger partial charge < -0.3 is 24.0 Å². The van der Waals surface area contributed by atoms with Gasteiger partial charge in [-0.3, -0.25) is 4.79 Å². The largest absolute Gasteiger partial charge is 0.508 e. The summed E-state index contributed by atoms with van der Waals surface area (Å²) in [5, 5.41) is 10.8. The maximum atomic E-state index is 13.6. The fourth-order valence-corrected chi connectivity index (χ4v) is 5.35. The fourth-order valence-electron chi connectivity index (χ4n) is 5.35. The van der Waals surface area contributed by atoms with E-state index < -0.39 is 5.60 Å². The molecule has 1 aromatic heterocycles. The van der Waals surface area contributed by atoms with Crippen molar-refractivity contribution in [1.82, 2.24) is 9.47 Å². The summed E-state index contributed by atoms with van der Waals surface area (Å²) in [6, 6.07) is 11.4. The lowest BCUT2D eigenvalue weighted by Crippen LogP contribution is -2.48. The van der Waals surface area contributed by atoms with Crippen LogP contribution < -0.4 is 4.74 Å². The molecule has 162 valence electrons. The summed E-state index contributed by atoms with van der Waals surface area (Å²) in [4.78, 5) is 15.5. The van der Waals surface area contributed by atoms with E-state index >= 15 is 0 Å². The lowest BCUT2D eigenvalue weighted by atomic mass is 9.78. The van der Waals surface area contributed by atoms with Gasteiger partial charge in [0.2, 0.25) is 0 Å². The molecule has 1 spiro atoms. The number of amides is 1. The van der Waals surface area contributed by atoms with Gasteiger partial charge in [-0.25, -0.2) is 0 Å². The topological polar surface area (TPSA) is 63.9 Å². The van der Waals surface area contributed by atoms with Gasteiger partial charge in [-0.2, -0.15) is 0 Å². The number of phenols is 1. The molecule has 2 aliphatic heterocycles. The summed E-state index contributed by atoms with van der Waals surface area (Å²) in [6.07, 6.45) is 2.36. The van der Waals surface area contributed by atoms with E-state index in [-0.39, 0.29) is 11.7 Å². The molecule has 1 amide bonds. The summed E-state index contributed by atoms with van der Waals surface area (Å²) < 4.78 is 14.1. The zero-order chi connectivity index (χ0) is 21.8. The van der Waals surface area contributed by atoms with Gasteiger partial charge in [0.25, 0.3) is 5.91 Å². The van der Waals surface area contributed by atoms with E-state index in [1.807, 2.05) is 41.6 Å². The number of likely N-dealkylation sites (tertiary alicyclic amines) is 1. The lowest BCUT2D eigenvalue weighted by molar-refractivity contribution is -0.0946. The van der Waals surface area contributed by atoms with E-state index in [4.69, 9.17) is 9.47 Å². The number of benzene rings is 2. The Kier molecular flexibility index (Phi) is 4.70. The number of piperidine rings is 1. The Bertz CT molecular complexity index is 1160. The van der Waals surface area contributed by atoms with Crippen LogP contribution in [0.5, 0.6) is 11.5 Å². The summed E-state index contributed by atoms with van der Waals surface area (Å²) in [5.74, 6) is 1.06. The normalized spacial score (nSPS) is 17.7. The Labute approximate surface area is 182 Å². The van der Waals surface area contributed by atoms with Crippen molar-refractivity contribution in [2.45, 2.75) is 31.8 Å². The fraction of sp³-hybridized carbons (Fsp3) is 0.400. The van der Waals surface area contributed by atoms with Crippen LogP contribution in [0, 0.1) is 6.92 Å². The third-order valence-corrected chi connectivity index (χ3v) is 7.09. The second-order valence-electron chi connectivity index (χ2n) is 8.60. The Morgan fingerprint density at radius 3 is 2.71 bits per heavy atom. The first-order chi connectivity index (χ1) is 14.9. The first-order valence-electron chi connectivity index (χ1n) is 10.8. The van der Waals surface area contributed by atoms with Crippen LogP contribution in [0.2, 0.25) is 0 Å². The van der Waals surface area contributed by atoms with Crippen molar-refractivity contribution in [3.8, 4) is 11.5 Å². The minimum atomic E-state index is -0.400. The van der Waals surface area contributed by atoms with Crippen molar-refractivity contribution in [1.29, 1.82) is 0 Å². The van der Waals surface area contributed by atoms with Gasteiger partial charge in [0, 0.05) is 42.3 Å². The highest BCUT2D eigenvalue weighted by Crippen LogP contribution is 2.46. The smallest absolute Gasteiger partial charge is 0.256 e. The Balaban J connectivity index is 1.46. The zero-order valence-corrected chi connectivity index (χ0v) is 18.3. The lowest BCUT2D eigenvalue weighted by Gasteiger charge is -2.45. The van der Waals surface area contributed by atoms with Gasteiger partial charge >= 0.3 is 0 Å². The van der Waals surface area contributed by atoms with Gasteiger partial charge in [0.05, 0.1) is 19.3 Å². The van der Waals surface area contributed by atoms with E-state index in [1.54, 1.807) is 19.2 Å². The van der Waals surface area contributed by atoms with Crippen molar-refractivity contribution in [3.63, 3.8) is 0 Å². The summed E-state index contributed by atoms with van der Waals surface area (Å²) >= 11 is 0. The number of aromatic nitrogens is 1. The molecule has 0 saturated carbocycles.